The van der Waals surface area contributed by atoms with Crippen molar-refractivity contribution in [3.8, 4) is 0 Å². The summed E-state index contributed by atoms with van der Waals surface area (Å²) in [4.78, 5) is 0. The molecular weight excluding hydrogens is 238 g/mol. The molecule has 2 aromatic rings. The minimum Gasteiger partial charge on any atom is -0.326 e. The van der Waals surface area contributed by atoms with Crippen LogP contribution in [-0.4, -0.2) is 10.2 Å². The van der Waals surface area contributed by atoms with E-state index in [-0.39, 0.29) is 0 Å². The van der Waals surface area contributed by atoms with Gasteiger partial charge in [-0.05, 0) is 23.6 Å². The first-order valence-electron chi connectivity index (χ1n) is 4.97. The summed E-state index contributed by atoms with van der Waals surface area (Å²) in [6.07, 6.45) is 0. The third-order valence-electron chi connectivity index (χ3n) is 2.33. The summed E-state index contributed by atoms with van der Waals surface area (Å²) in [7, 11) is 0. The third kappa shape index (κ3) is 2.81. The SMILES string of the molecule is Cc1cc(CN)ccc1CSc1nncs1. The van der Waals surface area contributed by atoms with Crippen LogP contribution in [0.5, 0.6) is 0 Å². The topological polar surface area (TPSA) is 51.8 Å². The Bertz CT molecular complexity index is 454. The molecule has 3 nitrogen and oxygen atoms in total. The second kappa shape index (κ2) is 5.43. The normalized spacial score (nSPS) is 10.6. The van der Waals surface area contributed by atoms with Gasteiger partial charge in [0, 0.05) is 12.3 Å². The third-order valence-corrected chi connectivity index (χ3v) is 4.24. The Morgan fingerprint density at radius 2 is 2.31 bits per heavy atom. The van der Waals surface area contributed by atoms with E-state index in [2.05, 4.69) is 35.3 Å². The maximum Gasteiger partial charge on any atom is 0.174 e. The van der Waals surface area contributed by atoms with Crippen LogP contribution in [0.2, 0.25) is 0 Å². The molecule has 0 unspecified atom stereocenters. The number of benzene rings is 1. The number of rotatable bonds is 4. The Morgan fingerprint density at radius 3 is 2.94 bits per heavy atom. The second-order valence-corrected chi connectivity index (χ2v) is 5.51. The maximum atomic E-state index is 5.60. The van der Waals surface area contributed by atoms with Gasteiger partial charge in [-0.25, -0.2) is 0 Å². The Balaban J connectivity index is 2.04. The van der Waals surface area contributed by atoms with E-state index in [1.54, 1.807) is 28.6 Å². The molecule has 0 bridgehead atoms. The molecule has 0 radical (unpaired) electrons. The highest BCUT2D eigenvalue weighted by atomic mass is 32.2. The Kier molecular flexibility index (Phi) is 3.93. The molecule has 1 aromatic heterocycles. The molecule has 0 aliphatic heterocycles. The smallest absolute Gasteiger partial charge is 0.174 e. The zero-order valence-corrected chi connectivity index (χ0v) is 10.6. The van der Waals surface area contributed by atoms with Gasteiger partial charge in [0.05, 0.1) is 0 Å². The number of hydrogen-bond donors (Lipinski definition) is 1. The molecule has 84 valence electrons. The minimum atomic E-state index is 0.602. The van der Waals surface area contributed by atoms with Crippen LogP contribution < -0.4 is 5.73 Å². The average molecular weight is 251 g/mol. The van der Waals surface area contributed by atoms with Crippen LogP contribution in [0.15, 0.2) is 28.0 Å². The monoisotopic (exact) mass is 251 g/mol. The summed E-state index contributed by atoms with van der Waals surface area (Å²) in [5, 5.41) is 7.82. The van der Waals surface area contributed by atoms with E-state index in [4.69, 9.17) is 5.73 Å². The van der Waals surface area contributed by atoms with Crippen LogP contribution >= 0.6 is 23.1 Å². The first-order chi connectivity index (χ1) is 7.79. The lowest BCUT2D eigenvalue weighted by Gasteiger charge is -2.06. The zero-order chi connectivity index (χ0) is 11.4. The Morgan fingerprint density at radius 1 is 1.44 bits per heavy atom. The molecule has 5 heteroatoms. The molecule has 1 heterocycles. The molecule has 0 aliphatic rings. The maximum absolute atomic E-state index is 5.60. The number of nitrogens with zero attached hydrogens (tertiary/aromatic N) is 2. The van der Waals surface area contributed by atoms with Crippen LogP contribution in [-0.2, 0) is 12.3 Å². The van der Waals surface area contributed by atoms with Gasteiger partial charge in [0.25, 0.3) is 0 Å². The van der Waals surface area contributed by atoms with Crippen molar-refractivity contribution in [1.82, 2.24) is 10.2 Å². The van der Waals surface area contributed by atoms with Crippen molar-refractivity contribution in [2.24, 2.45) is 5.73 Å². The van der Waals surface area contributed by atoms with Crippen molar-refractivity contribution in [2.45, 2.75) is 23.6 Å². The second-order valence-electron chi connectivity index (χ2n) is 3.46. The van der Waals surface area contributed by atoms with E-state index in [1.807, 2.05) is 0 Å². The zero-order valence-electron chi connectivity index (χ0n) is 9.01. The fourth-order valence-electron chi connectivity index (χ4n) is 1.41. The lowest BCUT2D eigenvalue weighted by Crippen LogP contribution is -1.97. The van der Waals surface area contributed by atoms with Crippen LogP contribution in [0.25, 0.3) is 0 Å². The predicted molar refractivity (Wildman–Crippen MR) is 68.5 cm³/mol. The van der Waals surface area contributed by atoms with Gasteiger partial charge in [-0.15, -0.1) is 10.2 Å². The number of aryl methyl sites for hydroxylation is 1. The molecular formula is C11H13N3S2. The van der Waals surface area contributed by atoms with Crippen molar-refractivity contribution in [3.05, 3.63) is 40.4 Å². The number of thioether (sulfide) groups is 1. The first-order valence-corrected chi connectivity index (χ1v) is 6.83. The number of hydrogen-bond acceptors (Lipinski definition) is 5. The van der Waals surface area contributed by atoms with E-state index in [0.29, 0.717) is 6.54 Å². The van der Waals surface area contributed by atoms with E-state index in [1.165, 1.54) is 16.7 Å². The lowest BCUT2D eigenvalue weighted by molar-refractivity contribution is 1.01. The van der Waals surface area contributed by atoms with E-state index in [9.17, 15) is 0 Å². The average Bonchev–Trinajstić information content (AvgIpc) is 2.80. The van der Waals surface area contributed by atoms with Crippen LogP contribution in [0.3, 0.4) is 0 Å². The molecule has 0 atom stereocenters. The molecule has 1 aromatic carbocycles. The van der Waals surface area contributed by atoms with Crippen molar-refractivity contribution in [1.29, 1.82) is 0 Å². The molecule has 0 spiro atoms. The molecule has 0 saturated carbocycles. The van der Waals surface area contributed by atoms with Gasteiger partial charge >= 0.3 is 0 Å². The van der Waals surface area contributed by atoms with E-state index < -0.39 is 0 Å². The summed E-state index contributed by atoms with van der Waals surface area (Å²) in [5.74, 6) is 0.936. The van der Waals surface area contributed by atoms with Crippen molar-refractivity contribution in [2.75, 3.05) is 0 Å². The predicted octanol–water partition coefficient (Wildman–Crippen LogP) is 2.60. The highest BCUT2D eigenvalue weighted by Crippen LogP contribution is 2.25. The molecule has 0 saturated heterocycles. The summed E-state index contributed by atoms with van der Waals surface area (Å²) >= 11 is 3.30. The summed E-state index contributed by atoms with van der Waals surface area (Å²) in [6, 6.07) is 6.38. The standard InChI is InChI=1S/C11H13N3S2/c1-8-4-9(5-12)2-3-10(8)6-15-11-14-13-7-16-11/h2-4,7H,5-6,12H2,1H3. The van der Waals surface area contributed by atoms with Crippen LogP contribution in [0, 0.1) is 6.92 Å². The van der Waals surface area contributed by atoms with Gasteiger partial charge in [0.1, 0.15) is 5.51 Å². The minimum absolute atomic E-state index is 0.602. The fraction of sp³-hybridized carbons (Fsp3) is 0.273. The summed E-state index contributed by atoms with van der Waals surface area (Å²) in [6.45, 7) is 2.72. The fourth-order valence-corrected chi connectivity index (χ4v) is 2.98. The van der Waals surface area contributed by atoms with Gasteiger partial charge in [-0.2, -0.15) is 0 Å². The number of nitrogens with two attached hydrogens (primary N) is 1. The molecule has 2 N–H and O–H groups in total. The quantitative estimate of drug-likeness (QED) is 0.849. The Hall–Kier alpha value is -0.910. The van der Waals surface area contributed by atoms with Crippen molar-refractivity contribution in [3.63, 3.8) is 0 Å². The van der Waals surface area contributed by atoms with Gasteiger partial charge in [0.2, 0.25) is 0 Å². The highest BCUT2D eigenvalue weighted by molar-refractivity contribution is 8.00. The van der Waals surface area contributed by atoms with Crippen LogP contribution in [0.4, 0.5) is 0 Å². The first kappa shape index (κ1) is 11.6. The molecule has 0 aliphatic carbocycles. The number of aromatic nitrogens is 2. The van der Waals surface area contributed by atoms with Gasteiger partial charge < -0.3 is 5.73 Å². The molecule has 0 fully saturated rings. The van der Waals surface area contributed by atoms with Crippen LogP contribution in [0.1, 0.15) is 16.7 Å². The molecule has 2 rings (SSSR count). The molecule has 16 heavy (non-hydrogen) atoms. The van der Waals surface area contributed by atoms with E-state index in [0.717, 1.165) is 10.1 Å². The summed E-state index contributed by atoms with van der Waals surface area (Å²) in [5.41, 5.74) is 11.2. The largest absolute Gasteiger partial charge is 0.326 e. The summed E-state index contributed by atoms with van der Waals surface area (Å²) < 4.78 is 1.02. The van der Waals surface area contributed by atoms with Gasteiger partial charge in [0.15, 0.2) is 4.34 Å². The lowest BCUT2D eigenvalue weighted by atomic mass is 10.1. The Labute approximate surface area is 103 Å². The van der Waals surface area contributed by atoms with Gasteiger partial charge in [-0.3, -0.25) is 0 Å². The van der Waals surface area contributed by atoms with Crippen molar-refractivity contribution >= 4 is 23.1 Å². The van der Waals surface area contributed by atoms with Gasteiger partial charge in [-0.1, -0.05) is 41.3 Å². The molecule has 0 amide bonds. The highest BCUT2D eigenvalue weighted by Gasteiger charge is 2.02. The van der Waals surface area contributed by atoms with Crippen molar-refractivity contribution < 1.29 is 0 Å². The van der Waals surface area contributed by atoms with E-state index >= 15 is 0 Å².